The average Bonchev–Trinajstić information content (AvgIpc) is 2.62. The van der Waals surface area contributed by atoms with Crippen LogP contribution >= 0.6 is 7.29 Å². The van der Waals surface area contributed by atoms with Gasteiger partial charge in [0.2, 0.25) is 0 Å². The van der Waals surface area contributed by atoms with Crippen LogP contribution in [0.15, 0.2) is 72.3 Å². The molecular weight excluding hydrogens is 317 g/mol. The summed E-state index contributed by atoms with van der Waals surface area (Å²) in [6, 6.07) is 19.7. The van der Waals surface area contributed by atoms with Crippen molar-refractivity contribution < 1.29 is 9.30 Å². The molecule has 0 unspecified atom stereocenters. The standard InChI is InChI=1S/C20H22NO2P/c1-3-16(2)21-24(22)14-19(17-10-6-4-7-11-17)23-20(15-24)18-12-8-5-9-13-18/h4-16H,3H2,1-2H3,(H,21,22)/t16-/m0/s1. The highest BCUT2D eigenvalue weighted by molar-refractivity contribution is 7.68. The molecule has 4 heteroatoms. The van der Waals surface area contributed by atoms with E-state index in [1.54, 1.807) is 11.6 Å². The molecule has 0 radical (unpaired) electrons. The topological polar surface area (TPSA) is 38.3 Å². The molecule has 24 heavy (non-hydrogen) atoms. The third-order valence-electron chi connectivity index (χ3n) is 3.99. The lowest BCUT2D eigenvalue weighted by Crippen LogP contribution is -2.21. The van der Waals surface area contributed by atoms with Gasteiger partial charge in [-0.15, -0.1) is 0 Å². The van der Waals surface area contributed by atoms with Crippen LogP contribution in [0.1, 0.15) is 31.4 Å². The molecule has 0 amide bonds. The number of hydrogen-bond acceptors (Lipinski definition) is 2. The van der Waals surface area contributed by atoms with E-state index in [-0.39, 0.29) is 6.04 Å². The SMILES string of the molecule is CC[C@H](C)NP1(=O)C=C(c2ccccc2)OC(c2ccccc2)=C1. The highest BCUT2D eigenvalue weighted by Gasteiger charge is 2.27. The van der Waals surface area contributed by atoms with E-state index in [1.165, 1.54) is 0 Å². The van der Waals surface area contributed by atoms with Crippen LogP contribution in [-0.4, -0.2) is 6.04 Å². The van der Waals surface area contributed by atoms with Crippen LogP contribution in [-0.2, 0) is 9.30 Å². The Hall–Kier alpha value is -2.09. The summed E-state index contributed by atoms with van der Waals surface area (Å²) >= 11 is 0. The smallest absolute Gasteiger partial charge is 0.198 e. The van der Waals surface area contributed by atoms with E-state index < -0.39 is 7.29 Å². The first-order chi connectivity index (χ1) is 11.6. The van der Waals surface area contributed by atoms with Crippen molar-refractivity contribution in [1.82, 2.24) is 5.09 Å². The first-order valence-corrected chi connectivity index (χ1v) is 10.1. The molecule has 1 atom stereocenters. The molecule has 3 rings (SSSR count). The van der Waals surface area contributed by atoms with Crippen LogP contribution in [0, 0.1) is 0 Å². The van der Waals surface area contributed by atoms with Crippen molar-refractivity contribution in [3.63, 3.8) is 0 Å². The second-order valence-corrected chi connectivity index (χ2v) is 8.16. The fourth-order valence-corrected chi connectivity index (χ4v) is 4.73. The van der Waals surface area contributed by atoms with Gasteiger partial charge in [0.1, 0.15) is 11.5 Å². The summed E-state index contributed by atoms with van der Waals surface area (Å²) in [6.45, 7) is 4.12. The Morgan fingerprint density at radius 3 is 1.79 bits per heavy atom. The molecule has 2 aromatic rings. The Bertz CT molecular complexity index is 737. The van der Waals surface area contributed by atoms with E-state index in [0.29, 0.717) is 11.5 Å². The zero-order valence-corrected chi connectivity index (χ0v) is 14.9. The maximum absolute atomic E-state index is 13.4. The minimum atomic E-state index is -2.83. The Morgan fingerprint density at radius 1 is 0.917 bits per heavy atom. The highest BCUT2D eigenvalue weighted by Crippen LogP contribution is 2.53. The molecule has 1 aliphatic heterocycles. The largest absolute Gasteiger partial charge is 0.456 e. The predicted molar refractivity (Wildman–Crippen MR) is 100 cm³/mol. The molecule has 0 spiro atoms. The van der Waals surface area contributed by atoms with Crippen molar-refractivity contribution in [2.75, 3.05) is 0 Å². The number of rotatable bonds is 5. The molecule has 124 valence electrons. The minimum Gasteiger partial charge on any atom is -0.456 e. The van der Waals surface area contributed by atoms with Gasteiger partial charge in [0, 0.05) is 28.8 Å². The van der Waals surface area contributed by atoms with Gasteiger partial charge in [0.15, 0.2) is 7.29 Å². The maximum atomic E-state index is 13.4. The van der Waals surface area contributed by atoms with Gasteiger partial charge in [0.05, 0.1) is 0 Å². The fourth-order valence-electron chi connectivity index (χ4n) is 2.54. The van der Waals surface area contributed by atoms with Gasteiger partial charge in [-0.3, -0.25) is 9.65 Å². The molecule has 0 bridgehead atoms. The Labute approximate surface area is 143 Å². The Kier molecular flexibility index (Phi) is 5.03. The van der Waals surface area contributed by atoms with Gasteiger partial charge in [-0.05, 0) is 13.3 Å². The van der Waals surface area contributed by atoms with E-state index in [2.05, 4.69) is 12.0 Å². The van der Waals surface area contributed by atoms with Crippen molar-refractivity contribution in [3.8, 4) is 0 Å². The van der Waals surface area contributed by atoms with Gasteiger partial charge < -0.3 is 4.74 Å². The molecule has 1 aliphatic rings. The van der Waals surface area contributed by atoms with E-state index in [9.17, 15) is 4.57 Å². The van der Waals surface area contributed by atoms with E-state index in [4.69, 9.17) is 4.74 Å². The first kappa shape index (κ1) is 16.8. The molecule has 0 saturated heterocycles. The summed E-state index contributed by atoms with van der Waals surface area (Å²) in [7, 11) is -2.83. The molecule has 1 N–H and O–H groups in total. The molecule has 2 aromatic carbocycles. The first-order valence-electron chi connectivity index (χ1n) is 8.21. The maximum Gasteiger partial charge on any atom is 0.198 e. The molecule has 3 nitrogen and oxygen atoms in total. The highest BCUT2D eigenvalue weighted by atomic mass is 31.2. The zero-order valence-electron chi connectivity index (χ0n) is 14.0. The third-order valence-corrected chi connectivity index (χ3v) is 6.07. The summed E-state index contributed by atoms with van der Waals surface area (Å²) < 4.78 is 19.5. The van der Waals surface area contributed by atoms with Gasteiger partial charge in [0.25, 0.3) is 0 Å². The van der Waals surface area contributed by atoms with Crippen LogP contribution in [0.25, 0.3) is 11.5 Å². The second kappa shape index (κ2) is 7.21. The van der Waals surface area contributed by atoms with Crippen molar-refractivity contribution in [1.29, 1.82) is 0 Å². The summed E-state index contributed by atoms with van der Waals surface area (Å²) in [6.07, 6.45) is 0.911. The average molecular weight is 339 g/mol. The molecule has 0 fully saturated rings. The molecular formula is C20H22NO2P. The normalized spacial score (nSPS) is 17.4. The minimum absolute atomic E-state index is 0.162. The molecule has 1 heterocycles. The lowest BCUT2D eigenvalue weighted by Gasteiger charge is -2.25. The number of benzene rings is 2. The molecule has 0 aromatic heterocycles. The number of hydrogen-bond donors (Lipinski definition) is 1. The molecule has 0 saturated carbocycles. The van der Waals surface area contributed by atoms with E-state index in [0.717, 1.165) is 17.5 Å². The Balaban J connectivity index is 2.03. The van der Waals surface area contributed by atoms with Crippen molar-refractivity contribution in [3.05, 3.63) is 83.4 Å². The Morgan fingerprint density at radius 2 is 1.38 bits per heavy atom. The van der Waals surface area contributed by atoms with Crippen LogP contribution in [0.5, 0.6) is 0 Å². The van der Waals surface area contributed by atoms with Crippen LogP contribution in [0.4, 0.5) is 0 Å². The summed E-state index contributed by atoms with van der Waals surface area (Å²) in [5.74, 6) is 4.74. The summed E-state index contributed by atoms with van der Waals surface area (Å²) in [4.78, 5) is 0. The van der Waals surface area contributed by atoms with Crippen molar-refractivity contribution >= 4 is 18.8 Å². The summed E-state index contributed by atoms with van der Waals surface area (Å²) in [5, 5.41) is 3.27. The van der Waals surface area contributed by atoms with Crippen LogP contribution < -0.4 is 5.09 Å². The third kappa shape index (κ3) is 3.87. The number of nitrogens with one attached hydrogen (secondary N) is 1. The predicted octanol–water partition coefficient (Wildman–Crippen LogP) is 5.68. The fraction of sp³-hybridized carbons (Fsp3) is 0.200. The van der Waals surface area contributed by atoms with Gasteiger partial charge >= 0.3 is 0 Å². The number of ether oxygens (including phenoxy) is 1. The van der Waals surface area contributed by atoms with Crippen molar-refractivity contribution in [2.45, 2.75) is 26.3 Å². The summed E-state index contributed by atoms with van der Waals surface area (Å²) in [5.41, 5.74) is 1.84. The molecule has 0 aliphatic carbocycles. The quantitative estimate of drug-likeness (QED) is 0.712. The van der Waals surface area contributed by atoms with E-state index >= 15 is 0 Å². The lowest BCUT2D eigenvalue weighted by atomic mass is 10.2. The zero-order chi connectivity index (χ0) is 17.0. The van der Waals surface area contributed by atoms with Gasteiger partial charge in [-0.25, -0.2) is 0 Å². The second-order valence-electron chi connectivity index (χ2n) is 5.97. The van der Waals surface area contributed by atoms with Crippen LogP contribution in [0.3, 0.4) is 0 Å². The lowest BCUT2D eigenvalue weighted by molar-refractivity contribution is 0.467. The monoisotopic (exact) mass is 339 g/mol. The van der Waals surface area contributed by atoms with Crippen molar-refractivity contribution in [2.24, 2.45) is 0 Å². The van der Waals surface area contributed by atoms with Gasteiger partial charge in [-0.2, -0.15) is 0 Å². The van der Waals surface area contributed by atoms with Crippen LogP contribution in [0.2, 0.25) is 0 Å². The van der Waals surface area contributed by atoms with E-state index in [1.807, 2.05) is 67.6 Å². The van der Waals surface area contributed by atoms with Gasteiger partial charge in [-0.1, -0.05) is 67.6 Å².